The molecule has 0 aliphatic heterocycles. The molecule has 1 aromatic carbocycles. The molecule has 16 heavy (non-hydrogen) atoms. The minimum Gasteiger partial charge on any atom is -0.333 e. The molecule has 0 atom stereocenters. The molecule has 0 fully saturated rings. The molecule has 78 valence electrons. The normalized spacial score (nSPS) is 10.8. The van der Waals surface area contributed by atoms with E-state index in [0.717, 1.165) is 16.5 Å². The second-order valence-corrected chi connectivity index (χ2v) is 3.58. The molecule has 0 radical (unpaired) electrons. The lowest BCUT2D eigenvalue weighted by Gasteiger charge is -2.00. The molecule has 0 unspecified atom stereocenters. The van der Waals surface area contributed by atoms with E-state index in [1.807, 2.05) is 30.3 Å². The number of benzene rings is 1. The van der Waals surface area contributed by atoms with E-state index >= 15 is 0 Å². The van der Waals surface area contributed by atoms with Crippen molar-refractivity contribution >= 4 is 22.5 Å². The van der Waals surface area contributed by atoms with Gasteiger partial charge in [0.05, 0.1) is 5.52 Å². The maximum Gasteiger partial charge on any atom is 0.264 e. The number of nitrogens with zero attached hydrogens (tertiary/aromatic N) is 3. The number of hydrogen-bond donors (Lipinski definition) is 0. The molecule has 0 spiro atoms. The largest absolute Gasteiger partial charge is 0.333 e. The molecule has 0 saturated carbocycles. The third-order valence-corrected chi connectivity index (χ3v) is 2.43. The minimum atomic E-state index is 0.107. The van der Waals surface area contributed by atoms with Gasteiger partial charge >= 0.3 is 0 Å². The van der Waals surface area contributed by atoms with Gasteiger partial charge in [-0.25, -0.2) is 0 Å². The summed E-state index contributed by atoms with van der Waals surface area (Å²) in [5, 5.41) is 4.63. The lowest BCUT2D eigenvalue weighted by Crippen LogP contribution is -1.83. The van der Waals surface area contributed by atoms with Crippen molar-refractivity contribution in [3.8, 4) is 11.5 Å². The average molecular weight is 232 g/mol. The van der Waals surface area contributed by atoms with Gasteiger partial charge in [0.15, 0.2) is 0 Å². The predicted octanol–water partition coefficient (Wildman–Crippen LogP) is 2.94. The molecular formula is C11H6ClN3O. The SMILES string of the molecule is Clc1noc(-c2cccc3ncccc23)n1. The fraction of sp³-hybridized carbons (Fsp3) is 0. The Hall–Kier alpha value is -1.94. The van der Waals surface area contributed by atoms with Gasteiger partial charge in [0, 0.05) is 17.1 Å². The zero-order valence-corrected chi connectivity index (χ0v) is 8.85. The third-order valence-electron chi connectivity index (χ3n) is 2.28. The Morgan fingerprint density at radius 3 is 2.88 bits per heavy atom. The summed E-state index contributed by atoms with van der Waals surface area (Å²) in [7, 11) is 0. The Morgan fingerprint density at radius 1 is 1.12 bits per heavy atom. The van der Waals surface area contributed by atoms with Crippen LogP contribution < -0.4 is 0 Å². The summed E-state index contributed by atoms with van der Waals surface area (Å²) < 4.78 is 5.04. The van der Waals surface area contributed by atoms with Gasteiger partial charge in [0.2, 0.25) is 0 Å². The molecule has 0 N–H and O–H groups in total. The lowest BCUT2D eigenvalue weighted by atomic mass is 10.1. The van der Waals surface area contributed by atoms with E-state index in [1.165, 1.54) is 0 Å². The van der Waals surface area contributed by atoms with Crippen LogP contribution in [0.1, 0.15) is 0 Å². The van der Waals surface area contributed by atoms with Gasteiger partial charge in [-0.1, -0.05) is 12.1 Å². The number of aromatic nitrogens is 3. The summed E-state index contributed by atoms with van der Waals surface area (Å²) in [5.41, 5.74) is 1.72. The summed E-state index contributed by atoms with van der Waals surface area (Å²) in [4.78, 5) is 8.24. The Bertz CT molecular complexity index is 645. The first-order valence-electron chi connectivity index (χ1n) is 4.68. The standard InChI is InChI=1S/C11H6ClN3O/c12-11-14-10(16-15-11)8-3-1-5-9-7(8)4-2-6-13-9/h1-6H. The van der Waals surface area contributed by atoms with Gasteiger partial charge in [-0.3, -0.25) is 4.98 Å². The van der Waals surface area contributed by atoms with Crippen LogP contribution in [0.15, 0.2) is 41.1 Å². The number of rotatable bonds is 1. The highest BCUT2D eigenvalue weighted by molar-refractivity contribution is 6.28. The van der Waals surface area contributed by atoms with E-state index in [2.05, 4.69) is 15.1 Å². The van der Waals surface area contributed by atoms with Crippen molar-refractivity contribution < 1.29 is 4.52 Å². The van der Waals surface area contributed by atoms with Crippen LogP contribution in [0.3, 0.4) is 0 Å². The van der Waals surface area contributed by atoms with Crippen molar-refractivity contribution in [1.82, 2.24) is 15.1 Å². The molecule has 0 aliphatic rings. The predicted molar refractivity (Wildman–Crippen MR) is 60.0 cm³/mol. The first kappa shape index (κ1) is 9.30. The van der Waals surface area contributed by atoms with E-state index in [0.29, 0.717) is 5.89 Å². The Morgan fingerprint density at radius 2 is 2.06 bits per heavy atom. The van der Waals surface area contributed by atoms with Gasteiger partial charge in [-0.15, -0.1) is 0 Å². The first-order chi connectivity index (χ1) is 7.84. The maximum atomic E-state index is 5.63. The van der Waals surface area contributed by atoms with Crippen molar-refractivity contribution in [1.29, 1.82) is 0 Å². The van der Waals surface area contributed by atoms with E-state index in [-0.39, 0.29) is 5.28 Å². The minimum absolute atomic E-state index is 0.107. The first-order valence-corrected chi connectivity index (χ1v) is 5.06. The van der Waals surface area contributed by atoms with Crippen LogP contribution in [0.4, 0.5) is 0 Å². The Kier molecular flexibility index (Phi) is 2.08. The van der Waals surface area contributed by atoms with E-state index in [9.17, 15) is 0 Å². The zero-order chi connectivity index (χ0) is 11.0. The van der Waals surface area contributed by atoms with Crippen molar-refractivity contribution in [3.05, 3.63) is 41.8 Å². The molecule has 4 nitrogen and oxygen atoms in total. The molecule has 0 amide bonds. The van der Waals surface area contributed by atoms with Crippen LogP contribution in [-0.4, -0.2) is 15.1 Å². The van der Waals surface area contributed by atoms with Crippen molar-refractivity contribution in [2.45, 2.75) is 0 Å². The molecule has 3 aromatic rings. The highest BCUT2D eigenvalue weighted by atomic mass is 35.5. The fourth-order valence-electron chi connectivity index (χ4n) is 1.60. The number of fused-ring (bicyclic) bond motifs is 1. The smallest absolute Gasteiger partial charge is 0.264 e. The second-order valence-electron chi connectivity index (χ2n) is 3.24. The summed E-state index contributed by atoms with van der Waals surface area (Å²) >= 11 is 5.63. The van der Waals surface area contributed by atoms with E-state index < -0.39 is 0 Å². The maximum absolute atomic E-state index is 5.63. The van der Waals surface area contributed by atoms with Gasteiger partial charge in [0.25, 0.3) is 11.2 Å². The number of hydrogen-bond acceptors (Lipinski definition) is 4. The van der Waals surface area contributed by atoms with Gasteiger partial charge in [0.1, 0.15) is 0 Å². The monoisotopic (exact) mass is 231 g/mol. The molecule has 3 rings (SSSR count). The van der Waals surface area contributed by atoms with Crippen molar-refractivity contribution in [2.75, 3.05) is 0 Å². The second kappa shape index (κ2) is 3.57. The highest BCUT2D eigenvalue weighted by Crippen LogP contribution is 2.26. The summed E-state index contributed by atoms with van der Waals surface area (Å²) in [6, 6.07) is 9.53. The quantitative estimate of drug-likeness (QED) is 0.646. The molecule has 5 heteroatoms. The van der Waals surface area contributed by atoms with Gasteiger partial charge in [-0.2, -0.15) is 4.98 Å². The highest BCUT2D eigenvalue weighted by Gasteiger charge is 2.10. The third kappa shape index (κ3) is 1.44. The summed E-state index contributed by atoms with van der Waals surface area (Å²) in [6.07, 6.45) is 1.74. The van der Waals surface area contributed by atoms with Crippen LogP contribution in [0.2, 0.25) is 5.28 Å². The molecule has 2 aromatic heterocycles. The number of pyridine rings is 1. The molecule has 0 bridgehead atoms. The van der Waals surface area contributed by atoms with Crippen LogP contribution in [0.5, 0.6) is 0 Å². The molecular weight excluding hydrogens is 226 g/mol. The number of halogens is 1. The Balaban J connectivity index is 2.31. The van der Waals surface area contributed by atoms with Crippen molar-refractivity contribution in [3.63, 3.8) is 0 Å². The van der Waals surface area contributed by atoms with Crippen molar-refractivity contribution in [2.24, 2.45) is 0 Å². The molecule has 0 aliphatic carbocycles. The van der Waals surface area contributed by atoms with Gasteiger partial charge < -0.3 is 4.52 Å². The zero-order valence-electron chi connectivity index (χ0n) is 8.09. The summed E-state index contributed by atoms with van der Waals surface area (Å²) in [6.45, 7) is 0. The Labute approximate surface area is 95.9 Å². The van der Waals surface area contributed by atoms with Crippen LogP contribution in [0.25, 0.3) is 22.4 Å². The van der Waals surface area contributed by atoms with E-state index in [1.54, 1.807) is 6.20 Å². The van der Waals surface area contributed by atoms with Crippen LogP contribution in [0, 0.1) is 0 Å². The lowest BCUT2D eigenvalue weighted by molar-refractivity contribution is 0.431. The molecule has 2 heterocycles. The topological polar surface area (TPSA) is 51.8 Å². The molecule has 0 saturated heterocycles. The van der Waals surface area contributed by atoms with E-state index in [4.69, 9.17) is 16.1 Å². The van der Waals surface area contributed by atoms with Crippen LogP contribution >= 0.6 is 11.6 Å². The van der Waals surface area contributed by atoms with Gasteiger partial charge in [-0.05, 0) is 35.0 Å². The van der Waals surface area contributed by atoms with Crippen LogP contribution in [-0.2, 0) is 0 Å². The fourth-order valence-corrected chi connectivity index (χ4v) is 1.72. The summed E-state index contributed by atoms with van der Waals surface area (Å²) in [5.74, 6) is 0.406. The average Bonchev–Trinajstić information content (AvgIpc) is 2.75.